The SMILES string of the molecule is CCn1c(N)c(C=N)cc(-c2ccc(-c3ccc(C)nc3F)cc2Cl)c1=O. The molecule has 0 fully saturated rings. The van der Waals surface area contributed by atoms with Crippen LogP contribution in [0.2, 0.25) is 5.02 Å². The van der Waals surface area contributed by atoms with Crippen molar-refractivity contribution in [3.05, 3.63) is 69.0 Å². The average molecular weight is 385 g/mol. The van der Waals surface area contributed by atoms with E-state index < -0.39 is 5.95 Å². The minimum Gasteiger partial charge on any atom is -0.384 e. The minimum atomic E-state index is -0.578. The molecule has 0 amide bonds. The van der Waals surface area contributed by atoms with Crippen LogP contribution in [0.1, 0.15) is 18.2 Å². The van der Waals surface area contributed by atoms with Crippen molar-refractivity contribution < 1.29 is 4.39 Å². The zero-order chi connectivity index (χ0) is 19.7. The summed E-state index contributed by atoms with van der Waals surface area (Å²) < 4.78 is 15.5. The Kier molecular flexibility index (Phi) is 5.10. The second-order valence-corrected chi connectivity index (χ2v) is 6.49. The molecule has 3 N–H and O–H groups in total. The van der Waals surface area contributed by atoms with Gasteiger partial charge in [0.1, 0.15) is 5.82 Å². The average Bonchev–Trinajstić information content (AvgIpc) is 2.63. The number of benzene rings is 1. The number of rotatable bonds is 4. The first kappa shape index (κ1) is 18.8. The summed E-state index contributed by atoms with van der Waals surface area (Å²) in [4.78, 5) is 16.6. The summed E-state index contributed by atoms with van der Waals surface area (Å²) in [5, 5.41) is 7.82. The number of nitrogens with zero attached hydrogens (tertiary/aromatic N) is 2. The van der Waals surface area contributed by atoms with E-state index in [-0.39, 0.29) is 11.4 Å². The fraction of sp³-hybridized carbons (Fsp3) is 0.150. The van der Waals surface area contributed by atoms with E-state index in [2.05, 4.69) is 4.98 Å². The van der Waals surface area contributed by atoms with Crippen molar-refractivity contribution in [2.24, 2.45) is 0 Å². The smallest absolute Gasteiger partial charge is 0.260 e. The van der Waals surface area contributed by atoms with Crippen molar-refractivity contribution in [1.82, 2.24) is 9.55 Å². The highest BCUT2D eigenvalue weighted by Gasteiger charge is 2.16. The predicted molar refractivity (Wildman–Crippen MR) is 107 cm³/mol. The first-order chi connectivity index (χ1) is 12.9. The van der Waals surface area contributed by atoms with Crippen molar-refractivity contribution in [3.63, 3.8) is 0 Å². The van der Waals surface area contributed by atoms with Crippen LogP contribution in [0.15, 0.2) is 41.2 Å². The van der Waals surface area contributed by atoms with Crippen LogP contribution in [0.5, 0.6) is 0 Å². The Morgan fingerprint density at radius 3 is 2.52 bits per heavy atom. The molecule has 0 atom stereocenters. The van der Waals surface area contributed by atoms with Crippen LogP contribution in [-0.4, -0.2) is 15.8 Å². The van der Waals surface area contributed by atoms with Crippen LogP contribution < -0.4 is 11.3 Å². The fourth-order valence-electron chi connectivity index (χ4n) is 2.97. The molecule has 0 aliphatic heterocycles. The van der Waals surface area contributed by atoms with Gasteiger partial charge in [-0.3, -0.25) is 9.36 Å². The topological polar surface area (TPSA) is 84.8 Å². The molecule has 3 aromatic rings. The molecule has 0 bridgehead atoms. The summed E-state index contributed by atoms with van der Waals surface area (Å²) >= 11 is 6.42. The Morgan fingerprint density at radius 1 is 1.22 bits per heavy atom. The number of halogens is 2. The first-order valence-corrected chi connectivity index (χ1v) is 8.72. The van der Waals surface area contributed by atoms with Crippen molar-refractivity contribution in [3.8, 4) is 22.3 Å². The van der Waals surface area contributed by atoms with Crippen LogP contribution in [0.3, 0.4) is 0 Å². The van der Waals surface area contributed by atoms with Gasteiger partial charge in [-0.25, -0.2) is 4.98 Å². The molecule has 1 aromatic carbocycles. The summed E-state index contributed by atoms with van der Waals surface area (Å²) in [6, 6.07) is 9.86. The molecule has 0 radical (unpaired) electrons. The number of hydrogen-bond donors (Lipinski definition) is 2. The Hall–Kier alpha value is -2.99. The lowest BCUT2D eigenvalue weighted by Gasteiger charge is -2.14. The highest BCUT2D eigenvalue weighted by molar-refractivity contribution is 6.33. The van der Waals surface area contributed by atoms with Gasteiger partial charge in [0.2, 0.25) is 5.95 Å². The van der Waals surface area contributed by atoms with Crippen molar-refractivity contribution in [2.45, 2.75) is 20.4 Å². The first-order valence-electron chi connectivity index (χ1n) is 8.34. The van der Waals surface area contributed by atoms with Gasteiger partial charge < -0.3 is 11.1 Å². The van der Waals surface area contributed by atoms with Crippen molar-refractivity contribution >= 4 is 23.6 Å². The van der Waals surface area contributed by atoms with Gasteiger partial charge in [-0.2, -0.15) is 4.39 Å². The molecule has 2 heterocycles. The summed E-state index contributed by atoms with van der Waals surface area (Å²) in [6.45, 7) is 3.88. The monoisotopic (exact) mass is 384 g/mol. The molecule has 5 nitrogen and oxygen atoms in total. The third kappa shape index (κ3) is 3.36. The van der Waals surface area contributed by atoms with Gasteiger partial charge in [-0.15, -0.1) is 0 Å². The van der Waals surface area contributed by atoms with Gasteiger partial charge in [0.25, 0.3) is 5.56 Å². The molecule has 0 unspecified atom stereocenters. The van der Waals surface area contributed by atoms with Crippen molar-refractivity contribution in [1.29, 1.82) is 5.41 Å². The second kappa shape index (κ2) is 7.32. The fourth-order valence-corrected chi connectivity index (χ4v) is 3.25. The van der Waals surface area contributed by atoms with Crippen LogP contribution >= 0.6 is 11.6 Å². The normalized spacial score (nSPS) is 10.8. The van der Waals surface area contributed by atoms with Crippen molar-refractivity contribution in [2.75, 3.05) is 5.73 Å². The lowest BCUT2D eigenvalue weighted by molar-refractivity contribution is 0.584. The van der Waals surface area contributed by atoms with Gasteiger partial charge >= 0.3 is 0 Å². The van der Waals surface area contributed by atoms with Gasteiger partial charge in [-0.1, -0.05) is 23.7 Å². The molecule has 0 saturated heterocycles. The van der Waals surface area contributed by atoms with Crippen LogP contribution in [-0.2, 0) is 6.54 Å². The zero-order valence-electron chi connectivity index (χ0n) is 14.9. The van der Waals surface area contributed by atoms with Gasteiger partial charge in [0, 0.05) is 45.7 Å². The molecule has 0 aliphatic carbocycles. The molecular formula is C20H18ClFN4O. The van der Waals surface area contributed by atoms with Crippen LogP contribution in [0.25, 0.3) is 22.3 Å². The summed E-state index contributed by atoms with van der Waals surface area (Å²) in [5.41, 5.74) is 8.40. The van der Waals surface area contributed by atoms with E-state index >= 15 is 0 Å². The number of nitrogens with one attached hydrogen (secondary N) is 1. The maximum absolute atomic E-state index is 14.2. The minimum absolute atomic E-state index is 0.238. The Labute approximate surface area is 160 Å². The third-order valence-corrected chi connectivity index (χ3v) is 4.70. The maximum Gasteiger partial charge on any atom is 0.260 e. The van der Waals surface area contributed by atoms with Gasteiger partial charge in [-0.05, 0) is 43.7 Å². The molecule has 0 aliphatic rings. The highest BCUT2D eigenvalue weighted by Crippen LogP contribution is 2.32. The van der Waals surface area contributed by atoms with E-state index in [1.54, 1.807) is 50.2 Å². The molecule has 7 heteroatoms. The summed E-state index contributed by atoms with van der Waals surface area (Å²) in [5.74, 6) is -0.340. The number of anilines is 1. The largest absolute Gasteiger partial charge is 0.384 e. The Balaban J connectivity index is 2.17. The van der Waals surface area contributed by atoms with E-state index in [1.165, 1.54) is 4.57 Å². The number of aryl methyl sites for hydroxylation is 1. The second-order valence-electron chi connectivity index (χ2n) is 6.08. The summed E-state index contributed by atoms with van der Waals surface area (Å²) in [7, 11) is 0. The molecular weight excluding hydrogens is 367 g/mol. The van der Waals surface area contributed by atoms with E-state index in [9.17, 15) is 9.18 Å². The summed E-state index contributed by atoms with van der Waals surface area (Å²) in [6.07, 6.45) is 1.10. The van der Waals surface area contributed by atoms with Gasteiger partial charge in [0.15, 0.2) is 0 Å². The van der Waals surface area contributed by atoms with E-state index in [0.717, 1.165) is 6.21 Å². The lowest BCUT2D eigenvalue weighted by atomic mass is 10.00. The zero-order valence-corrected chi connectivity index (χ0v) is 15.6. The number of nitrogens with two attached hydrogens (primary N) is 1. The van der Waals surface area contributed by atoms with E-state index in [4.69, 9.17) is 22.7 Å². The maximum atomic E-state index is 14.2. The number of pyridine rings is 2. The van der Waals surface area contributed by atoms with Crippen LogP contribution in [0.4, 0.5) is 10.2 Å². The lowest BCUT2D eigenvalue weighted by Crippen LogP contribution is -2.25. The molecule has 3 rings (SSSR count). The predicted octanol–water partition coefficient (Wildman–Crippen LogP) is 4.28. The molecule has 138 valence electrons. The molecule has 0 saturated carbocycles. The van der Waals surface area contributed by atoms with E-state index in [1.807, 2.05) is 0 Å². The standard InChI is InChI=1S/C20H18ClFN4O/c1-3-26-19(24)13(10-23)8-16(20(26)27)15-7-5-12(9-17(15)21)14-6-4-11(2)25-18(14)22/h4-10,23H,3,24H2,1-2H3. The Morgan fingerprint density at radius 2 is 1.93 bits per heavy atom. The van der Waals surface area contributed by atoms with Crippen LogP contribution in [0, 0.1) is 18.3 Å². The number of aromatic nitrogens is 2. The third-order valence-electron chi connectivity index (χ3n) is 4.39. The number of nitrogen functional groups attached to an aromatic ring is 1. The molecule has 2 aromatic heterocycles. The molecule has 27 heavy (non-hydrogen) atoms. The van der Waals surface area contributed by atoms with E-state index in [0.29, 0.717) is 45.1 Å². The van der Waals surface area contributed by atoms with Gasteiger partial charge in [0.05, 0.1) is 0 Å². The highest BCUT2D eigenvalue weighted by atomic mass is 35.5. The quantitative estimate of drug-likeness (QED) is 0.520. The number of hydrogen-bond acceptors (Lipinski definition) is 4. The molecule has 0 spiro atoms. The Bertz CT molecular complexity index is 1110.